The van der Waals surface area contributed by atoms with E-state index in [2.05, 4.69) is 10.9 Å². The highest BCUT2D eigenvalue weighted by Crippen LogP contribution is 2.12. The Labute approximate surface area is 146 Å². The Morgan fingerprint density at radius 1 is 0.960 bits per heavy atom. The number of amides is 2. The highest BCUT2D eigenvalue weighted by molar-refractivity contribution is 7.89. The molecule has 0 bridgehead atoms. The molecule has 7 nitrogen and oxygen atoms in total. The molecule has 2 N–H and O–H groups in total. The first kappa shape index (κ1) is 18.6. The van der Waals surface area contributed by atoms with Crippen molar-refractivity contribution < 1.29 is 18.0 Å². The van der Waals surface area contributed by atoms with Gasteiger partial charge in [0.15, 0.2) is 0 Å². The Bertz CT molecular complexity index is 866. The van der Waals surface area contributed by atoms with Crippen LogP contribution in [0.25, 0.3) is 0 Å². The van der Waals surface area contributed by atoms with E-state index >= 15 is 0 Å². The molecule has 2 amide bonds. The summed E-state index contributed by atoms with van der Waals surface area (Å²) >= 11 is 0. The van der Waals surface area contributed by atoms with E-state index in [0.29, 0.717) is 5.56 Å². The van der Waals surface area contributed by atoms with Crippen LogP contribution >= 0.6 is 0 Å². The highest BCUT2D eigenvalue weighted by atomic mass is 32.2. The zero-order valence-corrected chi connectivity index (χ0v) is 14.7. The van der Waals surface area contributed by atoms with Crippen molar-refractivity contribution in [2.45, 2.75) is 11.8 Å². The van der Waals surface area contributed by atoms with E-state index in [0.717, 1.165) is 9.87 Å². The molecule has 25 heavy (non-hydrogen) atoms. The standard InChI is InChI=1S/C17H19N3O4S/c1-13-8-6-7-11-15(13)17(22)19-18-16(21)12-20(2)25(23,24)14-9-4-3-5-10-14/h3-11H,12H2,1-2H3,(H,18,21)(H,19,22). The number of carbonyl (C=O) groups is 2. The quantitative estimate of drug-likeness (QED) is 0.779. The fourth-order valence-electron chi connectivity index (χ4n) is 2.12. The maximum atomic E-state index is 12.3. The lowest BCUT2D eigenvalue weighted by Crippen LogP contribution is -2.46. The van der Waals surface area contributed by atoms with Crippen LogP contribution in [0.15, 0.2) is 59.5 Å². The topological polar surface area (TPSA) is 95.6 Å². The van der Waals surface area contributed by atoms with Gasteiger partial charge in [-0.2, -0.15) is 4.31 Å². The molecule has 8 heteroatoms. The van der Waals surface area contributed by atoms with Gasteiger partial charge >= 0.3 is 0 Å². The van der Waals surface area contributed by atoms with Gasteiger partial charge in [0.2, 0.25) is 10.0 Å². The molecule has 2 aromatic carbocycles. The van der Waals surface area contributed by atoms with E-state index in [4.69, 9.17) is 0 Å². The van der Waals surface area contributed by atoms with Crippen LogP contribution in [0.3, 0.4) is 0 Å². The third kappa shape index (κ3) is 4.65. The molecule has 132 valence electrons. The van der Waals surface area contributed by atoms with E-state index in [-0.39, 0.29) is 4.90 Å². The van der Waals surface area contributed by atoms with Gasteiger partial charge in [-0.25, -0.2) is 8.42 Å². The van der Waals surface area contributed by atoms with Crippen LogP contribution in [-0.4, -0.2) is 38.1 Å². The van der Waals surface area contributed by atoms with Gasteiger partial charge in [0.1, 0.15) is 0 Å². The smallest absolute Gasteiger partial charge is 0.269 e. The van der Waals surface area contributed by atoms with Crippen molar-refractivity contribution in [1.29, 1.82) is 0 Å². The van der Waals surface area contributed by atoms with Crippen LogP contribution in [0.1, 0.15) is 15.9 Å². The second kappa shape index (κ2) is 7.91. The van der Waals surface area contributed by atoms with Crippen molar-refractivity contribution in [2.24, 2.45) is 0 Å². The average molecular weight is 361 g/mol. The van der Waals surface area contributed by atoms with E-state index < -0.39 is 28.4 Å². The van der Waals surface area contributed by atoms with Gasteiger partial charge in [0, 0.05) is 12.6 Å². The van der Waals surface area contributed by atoms with Gasteiger partial charge in [0.05, 0.1) is 11.4 Å². The number of sulfonamides is 1. The summed E-state index contributed by atoms with van der Waals surface area (Å²) < 4.78 is 25.6. The lowest BCUT2D eigenvalue weighted by Gasteiger charge is -2.17. The second-order valence-corrected chi connectivity index (χ2v) is 7.44. The molecule has 0 aromatic heterocycles. The largest absolute Gasteiger partial charge is 0.272 e. The van der Waals surface area contributed by atoms with Gasteiger partial charge in [-0.1, -0.05) is 36.4 Å². The SMILES string of the molecule is Cc1ccccc1C(=O)NNC(=O)CN(C)S(=O)(=O)c1ccccc1. The number of hydrazine groups is 1. The van der Waals surface area contributed by atoms with Crippen molar-refractivity contribution in [2.75, 3.05) is 13.6 Å². The zero-order valence-electron chi connectivity index (χ0n) is 13.9. The van der Waals surface area contributed by atoms with Gasteiger partial charge in [-0.05, 0) is 30.7 Å². The Morgan fingerprint density at radius 3 is 2.20 bits per heavy atom. The molecular weight excluding hydrogens is 342 g/mol. The molecule has 0 aliphatic carbocycles. The normalized spacial score (nSPS) is 11.2. The minimum absolute atomic E-state index is 0.0919. The predicted molar refractivity (Wildman–Crippen MR) is 93.0 cm³/mol. The molecule has 0 unspecified atom stereocenters. The van der Waals surface area contributed by atoms with Crippen molar-refractivity contribution in [3.63, 3.8) is 0 Å². The number of carbonyl (C=O) groups excluding carboxylic acids is 2. The monoisotopic (exact) mass is 361 g/mol. The van der Waals surface area contributed by atoms with Crippen molar-refractivity contribution >= 4 is 21.8 Å². The molecule has 0 aliphatic rings. The fraction of sp³-hybridized carbons (Fsp3) is 0.176. The summed E-state index contributed by atoms with van der Waals surface area (Å²) in [6, 6.07) is 14.7. The first-order chi connectivity index (χ1) is 11.8. The van der Waals surface area contributed by atoms with Crippen LogP contribution in [0, 0.1) is 6.92 Å². The number of hydrogen-bond acceptors (Lipinski definition) is 4. The summed E-state index contributed by atoms with van der Waals surface area (Å²) in [6.45, 7) is 1.35. The second-order valence-electron chi connectivity index (χ2n) is 5.39. The summed E-state index contributed by atoms with van der Waals surface area (Å²) in [7, 11) is -2.47. The lowest BCUT2D eigenvalue weighted by atomic mass is 10.1. The molecule has 0 aliphatic heterocycles. The Morgan fingerprint density at radius 2 is 1.56 bits per heavy atom. The van der Waals surface area contributed by atoms with Crippen LogP contribution in [0.2, 0.25) is 0 Å². The lowest BCUT2D eigenvalue weighted by molar-refractivity contribution is -0.121. The number of nitrogens with one attached hydrogen (secondary N) is 2. The molecule has 0 atom stereocenters. The fourth-order valence-corrected chi connectivity index (χ4v) is 3.27. The predicted octanol–water partition coefficient (Wildman–Crippen LogP) is 1.08. The minimum atomic E-state index is -3.77. The van der Waals surface area contributed by atoms with E-state index in [1.54, 1.807) is 49.4 Å². The Balaban J connectivity index is 1.94. The Kier molecular flexibility index (Phi) is 5.89. The number of nitrogens with zero attached hydrogens (tertiary/aromatic N) is 1. The van der Waals surface area contributed by atoms with Crippen LogP contribution in [0.4, 0.5) is 0 Å². The highest BCUT2D eigenvalue weighted by Gasteiger charge is 2.22. The average Bonchev–Trinajstić information content (AvgIpc) is 2.60. The molecular formula is C17H19N3O4S. The molecule has 2 rings (SSSR count). The summed E-state index contributed by atoms with van der Waals surface area (Å²) in [6.07, 6.45) is 0. The number of likely N-dealkylation sites (N-methyl/N-ethyl adjacent to an activating group) is 1. The maximum absolute atomic E-state index is 12.3. The van der Waals surface area contributed by atoms with Crippen molar-refractivity contribution in [3.05, 3.63) is 65.7 Å². The summed E-state index contributed by atoms with van der Waals surface area (Å²) in [5, 5.41) is 0. The number of benzene rings is 2. The first-order valence-electron chi connectivity index (χ1n) is 7.48. The Hall–Kier alpha value is -2.71. The minimum Gasteiger partial charge on any atom is -0.272 e. The number of rotatable bonds is 5. The summed E-state index contributed by atoms with van der Waals surface area (Å²) in [5.41, 5.74) is 5.68. The third-order valence-electron chi connectivity index (χ3n) is 3.52. The zero-order chi connectivity index (χ0) is 18.4. The first-order valence-corrected chi connectivity index (χ1v) is 8.92. The van der Waals surface area contributed by atoms with E-state index in [9.17, 15) is 18.0 Å². The molecule has 0 saturated carbocycles. The van der Waals surface area contributed by atoms with Crippen molar-refractivity contribution in [1.82, 2.24) is 15.2 Å². The van der Waals surface area contributed by atoms with Crippen LogP contribution in [-0.2, 0) is 14.8 Å². The molecule has 0 fully saturated rings. The van der Waals surface area contributed by atoms with E-state index in [1.165, 1.54) is 19.2 Å². The molecule has 0 saturated heterocycles. The molecule has 0 heterocycles. The van der Waals surface area contributed by atoms with Crippen LogP contribution < -0.4 is 10.9 Å². The number of aryl methyl sites for hydroxylation is 1. The van der Waals surface area contributed by atoms with E-state index in [1.807, 2.05) is 0 Å². The molecule has 0 radical (unpaired) electrons. The molecule has 2 aromatic rings. The third-order valence-corrected chi connectivity index (χ3v) is 5.34. The number of hydrogen-bond donors (Lipinski definition) is 2. The molecule has 0 spiro atoms. The van der Waals surface area contributed by atoms with Gasteiger partial charge in [-0.3, -0.25) is 20.4 Å². The summed E-state index contributed by atoms with van der Waals surface area (Å²) in [4.78, 5) is 24.0. The van der Waals surface area contributed by atoms with Gasteiger partial charge in [0.25, 0.3) is 11.8 Å². The van der Waals surface area contributed by atoms with Gasteiger partial charge in [-0.15, -0.1) is 0 Å². The summed E-state index contributed by atoms with van der Waals surface area (Å²) in [5.74, 6) is -1.12. The maximum Gasteiger partial charge on any atom is 0.269 e. The van der Waals surface area contributed by atoms with Gasteiger partial charge < -0.3 is 0 Å². The van der Waals surface area contributed by atoms with Crippen molar-refractivity contribution in [3.8, 4) is 0 Å². The van der Waals surface area contributed by atoms with Crippen LogP contribution in [0.5, 0.6) is 0 Å².